The van der Waals surface area contributed by atoms with Gasteiger partial charge in [0.25, 0.3) is 0 Å². The number of aryl methyl sites for hydroxylation is 1. The molecule has 3 aromatic rings. The maximum atomic E-state index is 13.3. The molecule has 0 unspecified atom stereocenters. The lowest BCUT2D eigenvalue weighted by Gasteiger charge is -2.15. The summed E-state index contributed by atoms with van der Waals surface area (Å²) < 4.78 is 25.8. The monoisotopic (exact) mass is 491 g/mol. The predicted molar refractivity (Wildman–Crippen MR) is 120 cm³/mol. The van der Waals surface area contributed by atoms with Crippen molar-refractivity contribution in [2.45, 2.75) is 26.5 Å². The highest BCUT2D eigenvalue weighted by Crippen LogP contribution is 2.34. The summed E-state index contributed by atoms with van der Waals surface area (Å²) in [6.07, 6.45) is 1.03. The lowest BCUT2D eigenvalue weighted by Crippen LogP contribution is -2.04. The number of hydrogen-bond donors (Lipinski definition) is 1. The fraction of sp³-hybridized carbons (Fsp3) is 0.217. The zero-order valence-corrected chi connectivity index (χ0v) is 18.1. The number of ether oxygens (including phenoxy) is 2. The molecule has 28 heavy (non-hydrogen) atoms. The van der Waals surface area contributed by atoms with Gasteiger partial charge in [0.05, 0.1) is 10.7 Å². The van der Waals surface area contributed by atoms with Crippen LogP contribution in [0.2, 0.25) is 0 Å². The quantitative estimate of drug-likeness (QED) is 0.381. The van der Waals surface area contributed by atoms with Gasteiger partial charge in [-0.1, -0.05) is 31.2 Å². The van der Waals surface area contributed by atoms with Crippen molar-refractivity contribution in [1.82, 2.24) is 0 Å². The summed E-state index contributed by atoms with van der Waals surface area (Å²) in [6, 6.07) is 18.9. The summed E-state index contributed by atoms with van der Waals surface area (Å²) in [5.74, 6) is 1.07. The van der Waals surface area contributed by atoms with E-state index in [1.807, 2.05) is 12.1 Å². The van der Waals surface area contributed by atoms with E-state index in [0.29, 0.717) is 18.0 Å². The molecule has 3 nitrogen and oxygen atoms in total. The lowest BCUT2D eigenvalue weighted by molar-refractivity contribution is 0.281. The number of anilines is 1. The molecule has 0 saturated heterocycles. The first-order valence-corrected chi connectivity index (χ1v) is 10.2. The first kappa shape index (κ1) is 20.5. The minimum absolute atomic E-state index is 0.267. The van der Waals surface area contributed by atoms with Gasteiger partial charge in [-0.05, 0) is 82.1 Å². The Labute approximate surface area is 179 Å². The first-order valence-electron chi connectivity index (χ1n) is 9.15. The molecule has 3 aromatic carbocycles. The molecule has 0 aliphatic heterocycles. The third kappa shape index (κ3) is 5.38. The topological polar surface area (TPSA) is 30.5 Å². The Morgan fingerprint density at radius 3 is 2.43 bits per heavy atom. The van der Waals surface area contributed by atoms with Crippen molar-refractivity contribution in [3.8, 4) is 11.5 Å². The first-order chi connectivity index (χ1) is 13.6. The number of methoxy groups -OCH3 is 1. The number of nitrogens with one attached hydrogen (secondary N) is 1. The van der Waals surface area contributed by atoms with Crippen LogP contribution in [0.5, 0.6) is 11.5 Å². The van der Waals surface area contributed by atoms with Crippen LogP contribution in [-0.4, -0.2) is 7.11 Å². The Bertz CT molecular complexity index is 928. The number of rotatable bonds is 8. The molecule has 0 fully saturated rings. The summed E-state index contributed by atoms with van der Waals surface area (Å²) in [5, 5.41) is 3.43. The summed E-state index contributed by atoms with van der Waals surface area (Å²) >= 11 is 2.24. The zero-order chi connectivity index (χ0) is 19.9. The van der Waals surface area contributed by atoms with Gasteiger partial charge in [0.15, 0.2) is 11.5 Å². The van der Waals surface area contributed by atoms with Gasteiger partial charge < -0.3 is 14.8 Å². The van der Waals surface area contributed by atoms with Crippen LogP contribution in [0.15, 0.2) is 60.7 Å². The molecule has 3 rings (SSSR count). The molecular formula is C23H23FINO2. The molecule has 0 saturated carbocycles. The standard InChI is InChI=1S/C23H23FINO2/c1-3-16-7-9-20(10-8-16)26-14-18-12-21(25)23(22(13-18)27-2)28-15-17-5-4-6-19(24)11-17/h4-13,26H,3,14-15H2,1-2H3. The predicted octanol–water partition coefficient (Wildman–Crippen LogP) is 6.19. The fourth-order valence-corrected chi connectivity index (χ4v) is 3.68. The third-order valence-electron chi connectivity index (χ3n) is 4.42. The Balaban J connectivity index is 1.69. The van der Waals surface area contributed by atoms with E-state index < -0.39 is 0 Å². The van der Waals surface area contributed by atoms with Gasteiger partial charge in [0.1, 0.15) is 12.4 Å². The van der Waals surface area contributed by atoms with Gasteiger partial charge in [-0.2, -0.15) is 0 Å². The number of benzene rings is 3. The fourth-order valence-electron chi connectivity index (χ4n) is 2.86. The smallest absolute Gasteiger partial charge is 0.174 e. The highest BCUT2D eigenvalue weighted by atomic mass is 127. The van der Waals surface area contributed by atoms with Crippen LogP contribution < -0.4 is 14.8 Å². The second-order valence-corrected chi connectivity index (χ2v) is 7.59. The average Bonchev–Trinajstić information content (AvgIpc) is 2.71. The van der Waals surface area contributed by atoms with Crippen LogP contribution in [0, 0.1) is 9.39 Å². The van der Waals surface area contributed by atoms with Gasteiger partial charge in [0.2, 0.25) is 0 Å². The molecule has 146 valence electrons. The minimum Gasteiger partial charge on any atom is -0.493 e. The van der Waals surface area contributed by atoms with Gasteiger partial charge in [0, 0.05) is 12.2 Å². The van der Waals surface area contributed by atoms with E-state index in [2.05, 4.69) is 65.2 Å². The van der Waals surface area contributed by atoms with Crippen molar-refractivity contribution < 1.29 is 13.9 Å². The Morgan fingerprint density at radius 2 is 1.75 bits per heavy atom. The van der Waals surface area contributed by atoms with Crippen molar-refractivity contribution >= 4 is 28.3 Å². The van der Waals surface area contributed by atoms with E-state index in [-0.39, 0.29) is 12.4 Å². The number of hydrogen-bond acceptors (Lipinski definition) is 3. The largest absolute Gasteiger partial charge is 0.493 e. The van der Waals surface area contributed by atoms with Crippen LogP contribution in [0.3, 0.4) is 0 Å². The van der Waals surface area contributed by atoms with Crippen molar-refractivity contribution in [3.63, 3.8) is 0 Å². The van der Waals surface area contributed by atoms with Crippen LogP contribution in [0.1, 0.15) is 23.6 Å². The molecule has 0 aliphatic carbocycles. The van der Waals surface area contributed by atoms with E-state index in [4.69, 9.17) is 9.47 Å². The van der Waals surface area contributed by atoms with Crippen LogP contribution in [0.25, 0.3) is 0 Å². The lowest BCUT2D eigenvalue weighted by atomic mass is 10.1. The van der Waals surface area contributed by atoms with E-state index in [9.17, 15) is 4.39 Å². The Morgan fingerprint density at radius 1 is 0.964 bits per heavy atom. The van der Waals surface area contributed by atoms with Gasteiger partial charge in [-0.15, -0.1) is 0 Å². The molecule has 0 bridgehead atoms. The minimum atomic E-state index is -0.267. The van der Waals surface area contributed by atoms with E-state index in [0.717, 1.165) is 26.8 Å². The Kier molecular flexibility index (Phi) is 7.14. The maximum Gasteiger partial charge on any atom is 0.174 e. The molecule has 0 heterocycles. The summed E-state index contributed by atoms with van der Waals surface area (Å²) in [6.45, 7) is 3.11. The van der Waals surface area contributed by atoms with Gasteiger partial charge >= 0.3 is 0 Å². The van der Waals surface area contributed by atoms with E-state index in [1.54, 1.807) is 13.2 Å². The maximum absolute atomic E-state index is 13.3. The van der Waals surface area contributed by atoms with Crippen molar-refractivity contribution in [2.24, 2.45) is 0 Å². The molecular weight excluding hydrogens is 468 g/mol. The summed E-state index contributed by atoms with van der Waals surface area (Å²) in [5.41, 5.74) is 4.28. The molecule has 0 radical (unpaired) electrons. The highest BCUT2D eigenvalue weighted by Gasteiger charge is 2.12. The average molecular weight is 491 g/mol. The van der Waals surface area contributed by atoms with E-state index in [1.165, 1.54) is 17.7 Å². The molecule has 5 heteroatoms. The normalized spacial score (nSPS) is 10.6. The molecule has 0 spiro atoms. The van der Waals surface area contributed by atoms with Crippen LogP contribution in [-0.2, 0) is 19.6 Å². The highest BCUT2D eigenvalue weighted by molar-refractivity contribution is 14.1. The van der Waals surface area contributed by atoms with Crippen LogP contribution >= 0.6 is 22.6 Å². The summed E-state index contributed by atoms with van der Waals surface area (Å²) in [7, 11) is 1.63. The number of halogens is 2. The van der Waals surface area contributed by atoms with Crippen molar-refractivity contribution in [2.75, 3.05) is 12.4 Å². The van der Waals surface area contributed by atoms with E-state index >= 15 is 0 Å². The molecule has 0 aromatic heterocycles. The second kappa shape index (κ2) is 9.78. The second-order valence-electron chi connectivity index (χ2n) is 6.43. The van der Waals surface area contributed by atoms with Crippen molar-refractivity contribution in [1.29, 1.82) is 0 Å². The Hall–Kier alpha value is -2.28. The SMILES string of the molecule is CCc1ccc(NCc2cc(I)c(OCc3cccc(F)c3)c(OC)c2)cc1. The van der Waals surface area contributed by atoms with Gasteiger partial charge in [-0.25, -0.2) is 4.39 Å². The van der Waals surface area contributed by atoms with Gasteiger partial charge in [-0.3, -0.25) is 0 Å². The molecule has 0 atom stereocenters. The molecule has 1 N–H and O–H groups in total. The molecule has 0 amide bonds. The van der Waals surface area contributed by atoms with Crippen molar-refractivity contribution in [3.05, 3.63) is 86.7 Å². The zero-order valence-electron chi connectivity index (χ0n) is 16.0. The third-order valence-corrected chi connectivity index (χ3v) is 5.22. The summed E-state index contributed by atoms with van der Waals surface area (Å²) in [4.78, 5) is 0. The molecule has 0 aliphatic rings. The van der Waals surface area contributed by atoms with Crippen LogP contribution in [0.4, 0.5) is 10.1 Å².